The SMILES string of the molecule is Cc1nc(C)c(C(=O)NCc2ccc(-c3cnn(C)c3)nc2)s1. The summed E-state index contributed by atoms with van der Waals surface area (Å²) in [6.07, 6.45) is 5.46. The molecule has 0 saturated carbocycles. The van der Waals surface area contributed by atoms with Crippen LogP contribution in [-0.4, -0.2) is 25.7 Å². The fourth-order valence-corrected chi connectivity index (χ4v) is 3.09. The summed E-state index contributed by atoms with van der Waals surface area (Å²) in [5.41, 5.74) is 3.56. The van der Waals surface area contributed by atoms with Crippen molar-refractivity contribution in [3.63, 3.8) is 0 Å². The van der Waals surface area contributed by atoms with Crippen LogP contribution in [-0.2, 0) is 13.6 Å². The third-order valence-electron chi connectivity index (χ3n) is 3.39. The molecule has 3 rings (SSSR count). The molecule has 0 bridgehead atoms. The molecule has 0 aliphatic carbocycles. The molecule has 3 heterocycles. The number of hydrogen-bond donors (Lipinski definition) is 1. The van der Waals surface area contributed by atoms with E-state index < -0.39 is 0 Å². The number of carbonyl (C=O) groups is 1. The highest BCUT2D eigenvalue weighted by atomic mass is 32.1. The molecule has 1 amide bonds. The lowest BCUT2D eigenvalue weighted by Crippen LogP contribution is -2.22. The molecule has 0 aliphatic heterocycles. The molecule has 0 aliphatic rings. The van der Waals surface area contributed by atoms with Gasteiger partial charge >= 0.3 is 0 Å². The van der Waals surface area contributed by atoms with E-state index in [4.69, 9.17) is 0 Å². The molecule has 7 heteroatoms. The summed E-state index contributed by atoms with van der Waals surface area (Å²) in [6, 6.07) is 3.89. The molecular formula is C16H17N5OS. The van der Waals surface area contributed by atoms with Crippen LogP contribution in [0, 0.1) is 13.8 Å². The van der Waals surface area contributed by atoms with Crippen molar-refractivity contribution >= 4 is 17.2 Å². The Hall–Kier alpha value is -2.54. The van der Waals surface area contributed by atoms with Crippen molar-refractivity contribution in [3.8, 4) is 11.3 Å². The van der Waals surface area contributed by atoms with Gasteiger partial charge in [-0.1, -0.05) is 6.07 Å². The number of carbonyl (C=O) groups excluding carboxylic acids is 1. The molecule has 1 N–H and O–H groups in total. The Bertz CT molecular complexity index is 835. The van der Waals surface area contributed by atoms with E-state index in [-0.39, 0.29) is 5.91 Å². The van der Waals surface area contributed by atoms with E-state index in [0.717, 1.165) is 27.5 Å². The average molecular weight is 327 g/mol. The average Bonchev–Trinajstić information content (AvgIpc) is 3.11. The monoisotopic (exact) mass is 327 g/mol. The van der Waals surface area contributed by atoms with Gasteiger partial charge in [0.15, 0.2) is 0 Å². The molecule has 0 spiro atoms. The number of rotatable bonds is 4. The highest BCUT2D eigenvalue weighted by Gasteiger charge is 2.13. The predicted molar refractivity (Wildman–Crippen MR) is 89.2 cm³/mol. The Morgan fingerprint density at radius 3 is 2.70 bits per heavy atom. The molecule has 0 atom stereocenters. The maximum absolute atomic E-state index is 12.2. The molecule has 3 aromatic heterocycles. The summed E-state index contributed by atoms with van der Waals surface area (Å²) in [7, 11) is 1.87. The second kappa shape index (κ2) is 6.29. The molecule has 23 heavy (non-hydrogen) atoms. The number of aromatic nitrogens is 4. The predicted octanol–water partition coefficient (Wildman–Crippen LogP) is 2.49. The molecule has 0 saturated heterocycles. The van der Waals surface area contributed by atoms with Crippen LogP contribution < -0.4 is 5.32 Å². The van der Waals surface area contributed by atoms with Crippen molar-refractivity contribution in [2.24, 2.45) is 7.05 Å². The van der Waals surface area contributed by atoms with Gasteiger partial charge in [0.25, 0.3) is 5.91 Å². The van der Waals surface area contributed by atoms with Crippen molar-refractivity contribution in [1.82, 2.24) is 25.1 Å². The standard InChI is InChI=1S/C16H17N5OS/c1-10-15(23-11(2)20-10)16(22)18-7-12-4-5-14(17-6-12)13-8-19-21(3)9-13/h4-6,8-9H,7H2,1-3H3,(H,18,22). The van der Waals surface area contributed by atoms with Gasteiger partial charge in [0, 0.05) is 31.5 Å². The van der Waals surface area contributed by atoms with E-state index in [1.54, 1.807) is 17.1 Å². The molecule has 0 unspecified atom stereocenters. The van der Waals surface area contributed by atoms with Gasteiger partial charge < -0.3 is 5.32 Å². The lowest BCUT2D eigenvalue weighted by molar-refractivity contribution is 0.0954. The minimum atomic E-state index is -0.0931. The van der Waals surface area contributed by atoms with Crippen molar-refractivity contribution in [2.45, 2.75) is 20.4 Å². The van der Waals surface area contributed by atoms with E-state index in [0.29, 0.717) is 11.4 Å². The first-order valence-electron chi connectivity index (χ1n) is 7.19. The Morgan fingerprint density at radius 2 is 2.13 bits per heavy atom. The summed E-state index contributed by atoms with van der Waals surface area (Å²) < 4.78 is 1.74. The summed E-state index contributed by atoms with van der Waals surface area (Å²) in [6.45, 7) is 4.19. The zero-order valence-electron chi connectivity index (χ0n) is 13.2. The fourth-order valence-electron chi connectivity index (χ4n) is 2.26. The number of aryl methyl sites for hydroxylation is 3. The number of nitrogens with zero attached hydrogens (tertiary/aromatic N) is 4. The van der Waals surface area contributed by atoms with Gasteiger partial charge in [-0.2, -0.15) is 5.10 Å². The molecule has 0 radical (unpaired) electrons. The number of nitrogens with one attached hydrogen (secondary N) is 1. The summed E-state index contributed by atoms with van der Waals surface area (Å²) >= 11 is 1.41. The lowest BCUT2D eigenvalue weighted by Gasteiger charge is -2.05. The van der Waals surface area contributed by atoms with Crippen LogP contribution in [0.1, 0.15) is 25.9 Å². The Balaban J connectivity index is 1.65. The van der Waals surface area contributed by atoms with Crippen LogP contribution in [0.2, 0.25) is 0 Å². The van der Waals surface area contributed by atoms with Crippen molar-refractivity contribution in [1.29, 1.82) is 0 Å². The number of hydrogen-bond acceptors (Lipinski definition) is 5. The maximum Gasteiger partial charge on any atom is 0.263 e. The summed E-state index contributed by atoms with van der Waals surface area (Å²) in [5, 5.41) is 7.94. The van der Waals surface area contributed by atoms with E-state index in [1.807, 2.05) is 39.2 Å². The molecule has 3 aromatic rings. The van der Waals surface area contributed by atoms with Gasteiger partial charge in [0.1, 0.15) is 4.88 Å². The van der Waals surface area contributed by atoms with Crippen LogP contribution in [0.15, 0.2) is 30.7 Å². The quantitative estimate of drug-likeness (QED) is 0.799. The maximum atomic E-state index is 12.2. The second-order valence-corrected chi connectivity index (χ2v) is 6.49. The van der Waals surface area contributed by atoms with Crippen LogP contribution in [0.3, 0.4) is 0 Å². The van der Waals surface area contributed by atoms with Gasteiger partial charge in [0.05, 0.1) is 22.6 Å². The van der Waals surface area contributed by atoms with Crippen LogP contribution >= 0.6 is 11.3 Å². The topological polar surface area (TPSA) is 72.7 Å². The molecule has 0 aromatic carbocycles. The Labute approximate surface area is 138 Å². The smallest absolute Gasteiger partial charge is 0.263 e. The van der Waals surface area contributed by atoms with Crippen LogP contribution in [0.4, 0.5) is 0 Å². The number of pyridine rings is 1. The van der Waals surface area contributed by atoms with Crippen molar-refractivity contribution < 1.29 is 4.79 Å². The highest BCUT2D eigenvalue weighted by molar-refractivity contribution is 7.13. The molecule has 118 valence electrons. The van der Waals surface area contributed by atoms with Gasteiger partial charge in [0.2, 0.25) is 0 Å². The van der Waals surface area contributed by atoms with Crippen LogP contribution in [0.25, 0.3) is 11.3 Å². The fraction of sp³-hybridized carbons (Fsp3) is 0.250. The zero-order valence-corrected chi connectivity index (χ0v) is 14.0. The second-order valence-electron chi connectivity index (χ2n) is 5.28. The lowest BCUT2D eigenvalue weighted by atomic mass is 10.2. The molecule has 0 fully saturated rings. The third kappa shape index (κ3) is 3.45. The van der Waals surface area contributed by atoms with E-state index in [9.17, 15) is 4.79 Å². The number of amides is 1. The normalized spacial score (nSPS) is 10.7. The minimum absolute atomic E-state index is 0.0931. The number of thiazole rings is 1. The third-order valence-corrected chi connectivity index (χ3v) is 4.46. The zero-order chi connectivity index (χ0) is 16.4. The van der Waals surface area contributed by atoms with Gasteiger partial charge in [-0.15, -0.1) is 11.3 Å². The van der Waals surface area contributed by atoms with E-state index in [2.05, 4.69) is 20.4 Å². The van der Waals surface area contributed by atoms with Crippen molar-refractivity contribution in [3.05, 3.63) is 51.9 Å². The first-order chi connectivity index (χ1) is 11.0. The summed E-state index contributed by atoms with van der Waals surface area (Å²) in [4.78, 5) is 21.5. The Morgan fingerprint density at radius 1 is 1.30 bits per heavy atom. The minimum Gasteiger partial charge on any atom is -0.347 e. The largest absolute Gasteiger partial charge is 0.347 e. The molecular weight excluding hydrogens is 310 g/mol. The first-order valence-corrected chi connectivity index (χ1v) is 8.01. The molecule has 6 nitrogen and oxygen atoms in total. The van der Waals surface area contributed by atoms with Gasteiger partial charge in [-0.3, -0.25) is 14.5 Å². The van der Waals surface area contributed by atoms with Gasteiger partial charge in [-0.05, 0) is 25.5 Å². The summed E-state index contributed by atoms with van der Waals surface area (Å²) in [5.74, 6) is -0.0931. The van der Waals surface area contributed by atoms with E-state index >= 15 is 0 Å². The van der Waals surface area contributed by atoms with Crippen molar-refractivity contribution in [2.75, 3.05) is 0 Å². The van der Waals surface area contributed by atoms with E-state index in [1.165, 1.54) is 11.3 Å². The van der Waals surface area contributed by atoms with Crippen LogP contribution in [0.5, 0.6) is 0 Å². The van der Waals surface area contributed by atoms with Gasteiger partial charge in [-0.25, -0.2) is 4.98 Å². The first kappa shape index (κ1) is 15.4. The highest BCUT2D eigenvalue weighted by Crippen LogP contribution is 2.18. The Kier molecular flexibility index (Phi) is 4.20.